The second-order valence-electron chi connectivity index (χ2n) is 8.75. The summed E-state index contributed by atoms with van der Waals surface area (Å²) in [5.41, 5.74) is 2.73. The van der Waals surface area contributed by atoms with Crippen LogP contribution in [0.4, 0.5) is 0 Å². The summed E-state index contributed by atoms with van der Waals surface area (Å²) in [7, 11) is 4.13. The van der Waals surface area contributed by atoms with Gasteiger partial charge >= 0.3 is 0 Å². The first-order valence-electron chi connectivity index (χ1n) is 11.1. The zero-order chi connectivity index (χ0) is 20.6. The molecule has 2 aliphatic rings. The Balaban J connectivity index is 1.49. The molecule has 0 aliphatic carbocycles. The van der Waals surface area contributed by atoms with Gasteiger partial charge in [0.05, 0.1) is 0 Å². The monoisotopic (exact) mass is 417 g/mol. The van der Waals surface area contributed by atoms with Crippen molar-refractivity contribution in [2.45, 2.75) is 38.6 Å². The van der Waals surface area contributed by atoms with Crippen molar-refractivity contribution >= 4 is 17.7 Å². The van der Waals surface area contributed by atoms with Crippen LogP contribution in [0.5, 0.6) is 0 Å². The normalized spacial score (nSPS) is 22.7. The summed E-state index contributed by atoms with van der Waals surface area (Å²) in [5, 5.41) is 4.27. The molecule has 1 aromatic carbocycles. The van der Waals surface area contributed by atoms with Gasteiger partial charge in [-0.15, -0.1) is 0 Å². The van der Waals surface area contributed by atoms with Gasteiger partial charge in [0.2, 0.25) is 0 Å². The average Bonchev–Trinajstić information content (AvgIpc) is 2.94. The van der Waals surface area contributed by atoms with E-state index in [0.29, 0.717) is 11.2 Å². The SMILES string of the molecule is CN=C(NCc1ccc(CN2CCCN(C)CC2)cc1)N1CCSC(C(C)C)C1. The van der Waals surface area contributed by atoms with Crippen molar-refractivity contribution in [3.05, 3.63) is 35.4 Å². The van der Waals surface area contributed by atoms with Crippen molar-refractivity contribution < 1.29 is 0 Å². The fraction of sp³-hybridized carbons (Fsp3) is 0.696. The summed E-state index contributed by atoms with van der Waals surface area (Å²) in [5.74, 6) is 2.93. The molecule has 0 amide bonds. The lowest BCUT2D eigenvalue weighted by molar-refractivity contribution is 0.269. The number of nitrogens with one attached hydrogen (secondary N) is 1. The molecule has 2 fully saturated rings. The second kappa shape index (κ2) is 11.2. The predicted octanol–water partition coefficient (Wildman–Crippen LogP) is 2.97. The molecular weight excluding hydrogens is 378 g/mol. The highest BCUT2D eigenvalue weighted by molar-refractivity contribution is 8.00. The summed E-state index contributed by atoms with van der Waals surface area (Å²) in [6.45, 7) is 13.5. The standard InChI is InChI=1S/C23H39N5S/c1-19(2)22-18-28(14-15-29-22)23(24-3)25-16-20-6-8-21(9-7-20)17-27-11-5-10-26(4)12-13-27/h6-9,19,22H,5,10-18H2,1-4H3,(H,24,25). The number of nitrogens with zero attached hydrogens (tertiary/aromatic N) is 4. The quantitative estimate of drug-likeness (QED) is 0.588. The van der Waals surface area contributed by atoms with E-state index in [0.717, 1.165) is 32.1 Å². The Hall–Kier alpha value is -1.24. The Kier molecular flexibility index (Phi) is 8.69. The van der Waals surface area contributed by atoms with Gasteiger partial charge in [0.15, 0.2) is 5.96 Å². The maximum atomic E-state index is 4.54. The van der Waals surface area contributed by atoms with Crippen molar-refractivity contribution in [2.24, 2.45) is 10.9 Å². The summed E-state index contributed by atoms with van der Waals surface area (Å²) >= 11 is 2.10. The first kappa shape index (κ1) is 22.4. The third-order valence-electron chi connectivity index (χ3n) is 6.04. The lowest BCUT2D eigenvalue weighted by atomic mass is 10.1. The molecule has 0 radical (unpaired) electrons. The van der Waals surface area contributed by atoms with Crippen molar-refractivity contribution in [2.75, 3.05) is 59.1 Å². The van der Waals surface area contributed by atoms with Gasteiger partial charge in [-0.1, -0.05) is 38.1 Å². The van der Waals surface area contributed by atoms with Gasteiger partial charge in [-0.25, -0.2) is 0 Å². The molecule has 0 spiro atoms. The van der Waals surface area contributed by atoms with Gasteiger partial charge in [0.25, 0.3) is 0 Å². The highest BCUT2D eigenvalue weighted by Crippen LogP contribution is 2.24. The molecule has 1 N–H and O–H groups in total. The van der Waals surface area contributed by atoms with Gasteiger partial charge in [0, 0.05) is 57.3 Å². The molecule has 6 heteroatoms. The summed E-state index contributed by atoms with van der Waals surface area (Å²) in [4.78, 5) is 12.0. The Morgan fingerprint density at radius 2 is 1.86 bits per heavy atom. The van der Waals surface area contributed by atoms with Crippen LogP contribution in [-0.4, -0.2) is 85.0 Å². The lowest BCUT2D eigenvalue weighted by Gasteiger charge is -2.36. The van der Waals surface area contributed by atoms with Crippen LogP contribution in [0.2, 0.25) is 0 Å². The van der Waals surface area contributed by atoms with Crippen LogP contribution in [0, 0.1) is 5.92 Å². The molecule has 5 nitrogen and oxygen atoms in total. The van der Waals surface area contributed by atoms with E-state index in [1.807, 2.05) is 7.05 Å². The van der Waals surface area contributed by atoms with Crippen LogP contribution in [0.15, 0.2) is 29.3 Å². The topological polar surface area (TPSA) is 34.1 Å². The van der Waals surface area contributed by atoms with E-state index in [2.05, 4.69) is 81.9 Å². The van der Waals surface area contributed by atoms with Crippen LogP contribution in [0.1, 0.15) is 31.4 Å². The second-order valence-corrected chi connectivity index (χ2v) is 10.1. The van der Waals surface area contributed by atoms with E-state index in [-0.39, 0.29) is 0 Å². The van der Waals surface area contributed by atoms with Gasteiger partial charge in [-0.05, 0) is 43.6 Å². The largest absolute Gasteiger partial charge is 0.352 e. The molecule has 0 bridgehead atoms. The predicted molar refractivity (Wildman–Crippen MR) is 127 cm³/mol. The summed E-state index contributed by atoms with van der Waals surface area (Å²) in [6, 6.07) is 9.12. The third kappa shape index (κ3) is 6.90. The van der Waals surface area contributed by atoms with Crippen molar-refractivity contribution in [1.29, 1.82) is 0 Å². The van der Waals surface area contributed by atoms with Crippen molar-refractivity contribution in [3.63, 3.8) is 0 Å². The molecule has 2 saturated heterocycles. The maximum Gasteiger partial charge on any atom is 0.193 e. The fourth-order valence-electron chi connectivity index (χ4n) is 4.06. The molecule has 1 aromatic rings. The van der Waals surface area contributed by atoms with E-state index >= 15 is 0 Å². The average molecular weight is 418 g/mol. The molecule has 2 aliphatic heterocycles. The molecule has 3 rings (SSSR count). The van der Waals surface area contributed by atoms with E-state index < -0.39 is 0 Å². The van der Waals surface area contributed by atoms with E-state index in [4.69, 9.17) is 0 Å². The third-order valence-corrected chi connectivity index (χ3v) is 7.58. The lowest BCUT2D eigenvalue weighted by Crippen LogP contribution is -2.48. The summed E-state index contributed by atoms with van der Waals surface area (Å²) < 4.78 is 0. The number of thioether (sulfide) groups is 1. The highest BCUT2D eigenvalue weighted by atomic mass is 32.2. The van der Waals surface area contributed by atoms with E-state index in [1.165, 1.54) is 49.5 Å². The molecular formula is C23H39N5S. The highest BCUT2D eigenvalue weighted by Gasteiger charge is 2.24. The van der Waals surface area contributed by atoms with Crippen LogP contribution < -0.4 is 5.32 Å². The Morgan fingerprint density at radius 3 is 2.59 bits per heavy atom. The van der Waals surface area contributed by atoms with E-state index in [9.17, 15) is 0 Å². The number of aliphatic imine (C=N–C) groups is 1. The first-order chi connectivity index (χ1) is 14.0. The Bertz CT molecular complexity index is 645. The minimum absolute atomic E-state index is 0.695. The molecule has 2 heterocycles. The molecule has 0 saturated carbocycles. The van der Waals surface area contributed by atoms with Gasteiger partial charge in [-0.2, -0.15) is 11.8 Å². The number of rotatable bonds is 5. The minimum Gasteiger partial charge on any atom is -0.352 e. The molecule has 29 heavy (non-hydrogen) atoms. The van der Waals surface area contributed by atoms with E-state index in [1.54, 1.807) is 0 Å². The number of hydrogen-bond donors (Lipinski definition) is 1. The number of benzene rings is 1. The zero-order valence-corrected chi connectivity index (χ0v) is 19.5. The first-order valence-corrected chi connectivity index (χ1v) is 12.2. The smallest absolute Gasteiger partial charge is 0.193 e. The Labute approximate surface area is 181 Å². The Morgan fingerprint density at radius 1 is 1.10 bits per heavy atom. The van der Waals surface area contributed by atoms with Crippen LogP contribution in [0.25, 0.3) is 0 Å². The fourth-order valence-corrected chi connectivity index (χ4v) is 5.36. The summed E-state index contributed by atoms with van der Waals surface area (Å²) in [6.07, 6.45) is 1.27. The molecule has 162 valence electrons. The maximum absolute atomic E-state index is 4.54. The van der Waals surface area contributed by atoms with Crippen molar-refractivity contribution in [3.8, 4) is 0 Å². The zero-order valence-electron chi connectivity index (χ0n) is 18.7. The van der Waals surface area contributed by atoms with Gasteiger partial charge in [-0.3, -0.25) is 9.89 Å². The molecule has 1 unspecified atom stereocenters. The van der Waals surface area contributed by atoms with Crippen molar-refractivity contribution in [1.82, 2.24) is 20.0 Å². The van der Waals surface area contributed by atoms with Crippen LogP contribution in [0.3, 0.4) is 0 Å². The number of hydrogen-bond acceptors (Lipinski definition) is 4. The van der Waals surface area contributed by atoms with Gasteiger partial charge < -0.3 is 15.1 Å². The van der Waals surface area contributed by atoms with Gasteiger partial charge in [0.1, 0.15) is 0 Å². The number of guanidine groups is 1. The molecule has 1 atom stereocenters. The minimum atomic E-state index is 0.695. The van der Waals surface area contributed by atoms with Crippen LogP contribution >= 0.6 is 11.8 Å². The number of likely N-dealkylation sites (N-methyl/N-ethyl adjacent to an activating group) is 1. The van der Waals surface area contributed by atoms with Crippen LogP contribution in [-0.2, 0) is 13.1 Å². The molecule has 0 aromatic heterocycles.